The van der Waals surface area contributed by atoms with Crippen molar-refractivity contribution in [2.75, 3.05) is 6.61 Å². The number of rotatable bonds is 4. The number of H-pyrrole nitrogens is 1. The first-order valence-electron chi connectivity index (χ1n) is 6.78. The second-order valence-electron chi connectivity index (χ2n) is 4.91. The molecule has 0 amide bonds. The third kappa shape index (κ3) is 2.89. The lowest BCUT2D eigenvalue weighted by atomic mass is 9.79. The quantitative estimate of drug-likeness (QED) is 0.834. The highest BCUT2D eigenvalue weighted by atomic mass is 16.5. The number of aromatic amines is 1. The van der Waals surface area contributed by atoms with Gasteiger partial charge in [0.05, 0.1) is 6.61 Å². The Labute approximate surface area is 107 Å². The van der Waals surface area contributed by atoms with E-state index in [0.29, 0.717) is 18.3 Å². The molecule has 1 atom stereocenters. The van der Waals surface area contributed by atoms with Gasteiger partial charge in [-0.15, -0.1) is 0 Å². The molecule has 0 aromatic carbocycles. The van der Waals surface area contributed by atoms with E-state index >= 15 is 0 Å². The van der Waals surface area contributed by atoms with Gasteiger partial charge in [-0.05, 0) is 32.6 Å². The molecule has 1 heterocycles. The summed E-state index contributed by atoms with van der Waals surface area (Å²) in [5.41, 5.74) is 0. The molecule has 1 fully saturated rings. The van der Waals surface area contributed by atoms with Gasteiger partial charge in [0, 0.05) is 0 Å². The summed E-state index contributed by atoms with van der Waals surface area (Å²) in [5, 5.41) is 6.97. The van der Waals surface area contributed by atoms with Crippen LogP contribution < -0.4 is 0 Å². The van der Waals surface area contributed by atoms with E-state index in [1.807, 2.05) is 13.8 Å². The summed E-state index contributed by atoms with van der Waals surface area (Å²) in [7, 11) is 0. The Morgan fingerprint density at radius 1 is 1.44 bits per heavy atom. The molecule has 0 unspecified atom stereocenters. The fraction of sp³-hybridized carbons (Fsp3) is 0.769. The fourth-order valence-electron chi connectivity index (χ4n) is 2.71. The molecule has 1 aliphatic rings. The molecule has 5 nitrogen and oxygen atoms in total. The lowest BCUT2D eigenvalue weighted by Gasteiger charge is -2.26. The van der Waals surface area contributed by atoms with E-state index in [-0.39, 0.29) is 11.9 Å². The topological polar surface area (TPSA) is 67.9 Å². The van der Waals surface area contributed by atoms with Crippen LogP contribution in [0.5, 0.6) is 0 Å². The van der Waals surface area contributed by atoms with Crippen molar-refractivity contribution >= 4 is 5.97 Å². The second-order valence-corrected chi connectivity index (χ2v) is 4.91. The Hall–Kier alpha value is -1.39. The molecule has 0 bridgehead atoms. The number of aryl methyl sites for hydroxylation is 1. The van der Waals surface area contributed by atoms with Crippen LogP contribution in [0.15, 0.2) is 0 Å². The van der Waals surface area contributed by atoms with E-state index in [4.69, 9.17) is 4.74 Å². The van der Waals surface area contributed by atoms with E-state index in [9.17, 15) is 4.79 Å². The summed E-state index contributed by atoms with van der Waals surface area (Å²) in [5.74, 6) is 1.19. The van der Waals surface area contributed by atoms with Crippen molar-refractivity contribution in [2.45, 2.75) is 51.9 Å². The number of esters is 1. The smallest absolute Gasteiger partial charge is 0.317 e. The predicted octanol–water partition coefficient (Wildman–Crippen LogP) is 2.34. The number of nitrogens with zero attached hydrogens (tertiary/aromatic N) is 2. The molecule has 0 saturated heterocycles. The molecule has 18 heavy (non-hydrogen) atoms. The number of hydrogen-bond acceptors (Lipinski definition) is 4. The third-order valence-electron chi connectivity index (χ3n) is 3.55. The molecule has 0 aliphatic heterocycles. The number of hydrogen-bond donors (Lipinski definition) is 1. The zero-order valence-corrected chi connectivity index (χ0v) is 11.1. The Balaban J connectivity index is 2.18. The second kappa shape index (κ2) is 5.98. The minimum atomic E-state index is -0.296. The van der Waals surface area contributed by atoms with E-state index in [2.05, 4.69) is 15.2 Å². The maximum absolute atomic E-state index is 12.1. The van der Waals surface area contributed by atoms with Gasteiger partial charge >= 0.3 is 5.97 Å². The Bertz CT molecular complexity index is 397. The van der Waals surface area contributed by atoms with Crippen molar-refractivity contribution < 1.29 is 9.53 Å². The van der Waals surface area contributed by atoms with Crippen LogP contribution in [0.1, 0.15) is 56.6 Å². The molecule has 1 N–H and O–H groups in total. The van der Waals surface area contributed by atoms with Crippen LogP contribution >= 0.6 is 0 Å². The maximum atomic E-state index is 12.1. The van der Waals surface area contributed by atoms with Crippen molar-refractivity contribution in [2.24, 2.45) is 5.92 Å². The highest BCUT2D eigenvalue weighted by molar-refractivity contribution is 5.77. The summed E-state index contributed by atoms with van der Waals surface area (Å²) < 4.78 is 5.19. The monoisotopic (exact) mass is 251 g/mol. The zero-order chi connectivity index (χ0) is 13.0. The zero-order valence-electron chi connectivity index (χ0n) is 11.1. The lowest BCUT2D eigenvalue weighted by molar-refractivity contribution is -0.147. The average Bonchev–Trinajstić information content (AvgIpc) is 2.78. The molecule has 0 spiro atoms. The lowest BCUT2D eigenvalue weighted by Crippen LogP contribution is -2.26. The minimum Gasteiger partial charge on any atom is -0.465 e. The van der Waals surface area contributed by atoms with Crippen molar-refractivity contribution in [1.82, 2.24) is 15.2 Å². The highest BCUT2D eigenvalue weighted by Crippen LogP contribution is 2.35. The first-order valence-corrected chi connectivity index (χ1v) is 6.78. The Morgan fingerprint density at radius 2 is 2.17 bits per heavy atom. The molecule has 5 heteroatoms. The largest absolute Gasteiger partial charge is 0.465 e. The summed E-state index contributed by atoms with van der Waals surface area (Å²) in [6.07, 6.45) is 5.77. The third-order valence-corrected chi connectivity index (χ3v) is 3.55. The van der Waals surface area contributed by atoms with Gasteiger partial charge in [-0.25, -0.2) is 4.98 Å². The van der Waals surface area contributed by atoms with E-state index in [0.717, 1.165) is 18.7 Å². The van der Waals surface area contributed by atoms with Crippen molar-refractivity contribution in [3.05, 3.63) is 11.6 Å². The van der Waals surface area contributed by atoms with E-state index < -0.39 is 0 Å². The highest BCUT2D eigenvalue weighted by Gasteiger charge is 2.34. The molecule has 1 aliphatic carbocycles. The Morgan fingerprint density at radius 3 is 2.72 bits per heavy atom. The van der Waals surface area contributed by atoms with Gasteiger partial charge in [0.15, 0.2) is 5.82 Å². The predicted molar refractivity (Wildman–Crippen MR) is 67.1 cm³/mol. The molecule has 100 valence electrons. The molecule has 1 saturated carbocycles. The van der Waals surface area contributed by atoms with Crippen molar-refractivity contribution in [1.29, 1.82) is 0 Å². The summed E-state index contributed by atoms with van der Waals surface area (Å²) in [6.45, 7) is 4.09. The Kier molecular flexibility index (Phi) is 4.33. The number of carbonyl (C=O) groups excluding carboxylic acids is 1. The van der Waals surface area contributed by atoms with E-state index in [1.165, 1.54) is 19.3 Å². The summed E-state index contributed by atoms with van der Waals surface area (Å²) in [6, 6.07) is 0. The normalized spacial score (nSPS) is 18.6. The van der Waals surface area contributed by atoms with Crippen LogP contribution in [0.25, 0.3) is 0 Å². The average molecular weight is 251 g/mol. The van der Waals surface area contributed by atoms with Crippen LogP contribution in [0.2, 0.25) is 0 Å². The molecular weight excluding hydrogens is 230 g/mol. The van der Waals surface area contributed by atoms with Gasteiger partial charge in [-0.1, -0.05) is 19.3 Å². The first-order chi connectivity index (χ1) is 8.72. The molecule has 1 aromatic rings. The molecule has 2 rings (SSSR count). The van der Waals surface area contributed by atoms with Crippen molar-refractivity contribution in [3.8, 4) is 0 Å². The van der Waals surface area contributed by atoms with Gasteiger partial charge in [0.25, 0.3) is 0 Å². The number of ether oxygens (including phenoxy) is 1. The summed E-state index contributed by atoms with van der Waals surface area (Å²) >= 11 is 0. The van der Waals surface area contributed by atoms with Crippen LogP contribution in [-0.2, 0) is 9.53 Å². The fourth-order valence-corrected chi connectivity index (χ4v) is 2.71. The first kappa shape index (κ1) is 13.1. The van der Waals surface area contributed by atoms with Crippen LogP contribution in [0.3, 0.4) is 0 Å². The van der Waals surface area contributed by atoms with Gasteiger partial charge in [0.2, 0.25) is 0 Å². The number of aromatic nitrogens is 3. The minimum absolute atomic E-state index is 0.177. The van der Waals surface area contributed by atoms with Gasteiger partial charge in [0.1, 0.15) is 11.7 Å². The van der Waals surface area contributed by atoms with Crippen LogP contribution in [0, 0.1) is 12.8 Å². The number of carbonyl (C=O) groups is 1. The summed E-state index contributed by atoms with van der Waals surface area (Å²) in [4.78, 5) is 16.5. The standard InChI is InChI=1S/C13H21N3O2/c1-3-18-13(17)11(10-7-5-4-6-8-10)12-14-9(2)15-16-12/h10-11H,3-8H2,1-2H3,(H,14,15,16)/t11-/m1/s1. The molecule has 1 aromatic heterocycles. The maximum Gasteiger partial charge on any atom is 0.317 e. The van der Waals surface area contributed by atoms with Crippen LogP contribution in [-0.4, -0.2) is 27.8 Å². The van der Waals surface area contributed by atoms with Gasteiger partial charge in [-0.3, -0.25) is 9.89 Å². The molecular formula is C13H21N3O2. The number of nitrogens with one attached hydrogen (secondary N) is 1. The van der Waals surface area contributed by atoms with E-state index in [1.54, 1.807) is 0 Å². The SMILES string of the molecule is CCOC(=O)[C@@H](c1n[nH]c(C)n1)C1CCCCC1. The van der Waals surface area contributed by atoms with Gasteiger partial charge in [-0.2, -0.15) is 5.10 Å². The van der Waals surface area contributed by atoms with Crippen molar-refractivity contribution in [3.63, 3.8) is 0 Å². The molecule has 0 radical (unpaired) electrons. The van der Waals surface area contributed by atoms with Gasteiger partial charge < -0.3 is 4.74 Å². The van der Waals surface area contributed by atoms with Crippen LogP contribution in [0.4, 0.5) is 0 Å².